The third-order valence-electron chi connectivity index (χ3n) is 3.22. The van der Waals surface area contributed by atoms with E-state index in [-0.39, 0.29) is 11.8 Å². The molecule has 2 aromatic rings. The van der Waals surface area contributed by atoms with E-state index in [1.807, 2.05) is 13.0 Å². The van der Waals surface area contributed by atoms with Gasteiger partial charge >= 0.3 is 6.18 Å². The van der Waals surface area contributed by atoms with Crippen LogP contribution in [0, 0.1) is 11.3 Å². The summed E-state index contributed by atoms with van der Waals surface area (Å²) in [7, 11) is 0. The van der Waals surface area contributed by atoms with E-state index in [2.05, 4.69) is 5.32 Å². The van der Waals surface area contributed by atoms with Crippen molar-refractivity contribution in [3.63, 3.8) is 0 Å². The third kappa shape index (κ3) is 4.37. The van der Waals surface area contributed by atoms with Gasteiger partial charge in [-0.15, -0.1) is 0 Å². The lowest BCUT2D eigenvalue weighted by molar-refractivity contribution is -0.137. The smallest absolute Gasteiger partial charge is 0.416 e. The summed E-state index contributed by atoms with van der Waals surface area (Å²) in [4.78, 5) is 0. The minimum atomic E-state index is -4.31. The van der Waals surface area contributed by atoms with Crippen LogP contribution < -0.4 is 5.32 Å². The molecule has 1 N–H and O–H groups in total. The molecule has 0 radical (unpaired) electrons. The van der Waals surface area contributed by atoms with E-state index in [1.165, 1.54) is 12.1 Å². The number of halogens is 3. The summed E-state index contributed by atoms with van der Waals surface area (Å²) in [5.74, 6) is 0.906. The maximum atomic E-state index is 12.5. The van der Waals surface area contributed by atoms with Crippen LogP contribution in [0.15, 0.2) is 40.8 Å². The Balaban J connectivity index is 1.86. The molecular weight excluding hydrogens is 293 g/mol. The second kappa shape index (κ2) is 6.67. The monoisotopic (exact) mass is 308 g/mol. The molecule has 1 heterocycles. The molecule has 3 nitrogen and oxygen atoms in total. The minimum Gasteiger partial charge on any atom is -0.449 e. The van der Waals surface area contributed by atoms with Crippen LogP contribution >= 0.6 is 0 Å². The Bertz CT molecular complexity index is 653. The van der Waals surface area contributed by atoms with Gasteiger partial charge in [-0.25, -0.2) is 0 Å². The number of hydrogen-bond donors (Lipinski definition) is 1. The molecule has 6 heteroatoms. The number of nitriles is 1. The second-order valence-corrected chi connectivity index (χ2v) is 5.06. The zero-order valence-electron chi connectivity index (χ0n) is 11.9. The standard InChI is InChI=1S/C16H15F3N2O/c1-11(21-10-15-7-6-14(9-20)22-15)8-12-2-4-13(5-3-12)16(17,18)19/h2-7,11,21H,8,10H2,1H3. The van der Waals surface area contributed by atoms with Gasteiger partial charge in [0, 0.05) is 6.04 Å². The van der Waals surface area contributed by atoms with E-state index in [1.54, 1.807) is 12.1 Å². The van der Waals surface area contributed by atoms with Crippen LogP contribution in [0.3, 0.4) is 0 Å². The Labute approximate surface area is 126 Å². The van der Waals surface area contributed by atoms with E-state index >= 15 is 0 Å². The molecule has 1 aromatic heterocycles. The molecule has 0 aliphatic rings. The fraction of sp³-hybridized carbons (Fsp3) is 0.312. The Morgan fingerprint density at radius 3 is 2.41 bits per heavy atom. The quantitative estimate of drug-likeness (QED) is 0.911. The van der Waals surface area contributed by atoms with Crippen molar-refractivity contribution in [2.75, 3.05) is 0 Å². The molecule has 0 bridgehead atoms. The Morgan fingerprint density at radius 2 is 1.86 bits per heavy atom. The lowest BCUT2D eigenvalue weighted by Gasteiger charge is -2.13. The summed E-state index contributed by atoms with van der Waals surface area (Å²) >= 11 is 0. The van der Waals surface area contributed by atoms with Gasteiger partial charge in [-0.3, -0.25) is 0 Å². The van der Waals surface area contributed by atoms with Gasteiger partial charge in [0.05, 0.1) is 12.1 Å². The normalized spacial score (nSPS) is 12.9. The Morgan fingerprint density at radius 1 is 1.18 bits per heavy atom. The molecule has 2 rings (SSSR count). The molecule has 116 valence electrons. The molecule has 1 aromatic carbocycles. The molecule has 0 aliphatic heterocycles. The van der Waals surface area contributed by atoms with Crippen molar-refractivity contribution in [2.24, 2.45) is 0 Å². The van der Waals surface area contributed by atoms with Crippen molar-refractivity contribution in [3.05, 3.63) is 59.0 Å². The maximum Gasteiger partial charge on any atom is 0.416 e. The third-order valence-corrected chi connectivity index (χ3v) is 3.22. The lowest BCUT2D eigenvalue weighted by atomic mass is 10.0. The number of rotatable bonds is 5. The van der Waals surface area contributed by atoms with Crippen LogP contribution in [0.1, 0.15) is 29.6 Å². The number of nitrogens with zero attached hydrogens (tertiary/aromatic N) is 1. The summed E-state index contributed by atoms with van der Waals surface area (Å²) in [6.45, 7) is 2.40. The van der Waals surface area contributed by atoms with Gasteiger partial charge in [0.25, 0.3) is 0 Å². The van der Waals surface area contributed by atoms with Gasteiger partial charge in [0.1, 0.15) is 11.8 Å². The first-order valence-electron chi connectivity index (χ1n) is 6.77. The fourth-order valence-corrected chi connectivity index (χ4v) is 2.06. The fourth-order valence-electron chi connectivity index (χ4n) is 2.06. The molecule has 0 amide bonds. The predicted octanol–water partition coefficient (Wildman–Crippen LogP) is 3.89. The summed E-state index contributed by atoms with van der Waals surface area (Å²) < 4.78 is 42.7. The molecular formula is C16H15F3N2O. The largest absolute Gasteiger partial charge is 0.449 e. The highest BCUT2D eigenvalue weighted by Gasteiger charge is 2.29. The average Bonchev–Trinajstić information content (AvgIpc) is 2.93. The summed E-state index contributed by atoms with van der Waals surface area (Å²) in [6.07, 6.45) is -3.70. The predicted molar refractivity (Wildman–Crippen MR) is 74.9 cm³/mol. The molecule has 0 fully saturated rings. The summed E-state index contributed by atoms with van der Waals surface area (Å²) in [5.41, 5.74) is 0.182. The molecule has 1 atom stereocenters. The molecule has 0 aliphatic carbocycles. The first-order chi connectivity index (χ1) is 10.4. The summed E-state index contributed by atoms with van der Waals surface area (Å²) in [5, 5.41) is 11.9. The van der Waals surface area contributed by atoms with Crippen molar-refractivity contribution in [3.8, 4) is 6.07 Å². The Hall–Kier alpha value is -2.26. The van der Waals surface area contributed by atoms with Crippen LogP contribution in [0.25, 0.3) is 0 Å². The molecule has 1 unspecified atom stereocenters. The van der Waals surface area contributed by atoms with Crippen LogP contribution in [-0.2, 0) is 19.1 Å². The SMILES string of the molecule is CC(Cc1ccc(C(F)(F)F)cc1)NCc1ccc(C#N)o1. The van der Waals surface area contributed by atoms with Crippen LogP contribution in [0.4, 0.5) is 13.2 Å². The highest BCUT2D eigenvalue weighted by Crippen LogP contribution is 2.29. The zero-order chi connectivity index (χ0) is 16.2. The summed E-state index contributed by atoms with van der Waals surface area (Å²) in [6, 6.07) is 10.4. The van der Waals surface area contributed by atoms with Crippen LogP contribution in [0.2, 0.25) is 0 Å². The van der Waals surface area contributed by atoms with Crippen LogP contribution in [0.5, 0.6) is 0 Å². The zero-order valence-corrected chi connectivity index (χ0v) is 11.9. The molecule has 0 saturated carbocycles. The van der Waals surface area contributed by atoms with Gasteiger partial charge < -0.3 is 9.73 Å². The van der Waals surface area contributed by atoms with Crippen molar-refractivity contribution in [2.45, 2.75) is 32.1 Å². The molecule has 0 spiro atoms. The van der Waals surface area contributed by atoms with Gasteiger partial charge in [-0.1, -0.05) is 12.1 Å². The van der Waals surface area contributed by atoms with Gasteiger partial charge in [-0.2, -0.15) is 18.4 Å². The number of nitrogens with one attached hydrogen (secondary N) is 1. The van der Waals surface area contributed by atoms with Gasteiger partial charge in [-0.05, 0) is 43.2 Å². The second-order valence-electron chi connectivity index (χ2n) is 5.06. The number of furan rings is 1. The number of benzene rings is 1. The maximum absolute atomic E-state index is 12.5. The number of hydrogen-bond acceptors (Lipinski definition) is 3. The molecule has 22 heavy (non-hydrogen) atoms. The first-order valence-corrected chi connectivity index (χ1v) is 6.77. The van der Waals surface area contributed by atoms with Crippen molar-refractivity contribution < 1.29 is 17.6 Å². The topological polar surface area (TPSA) is 49.0 Å². The lowest BCUT2D eigenvalue weighted by Crippen LogP contribution is -2.27. The highest BCUT2D eigenvalue weighted by atomic mass is 19.4. The van der Waals surface area contributed by atoms with Crippen LogP contribution in [-0.4, -0.2) is 6.04 Å². The van der Waals surface area contributed by atoms with Crippen molar-refractivity contribution in [1.29, 1.82) is 5.26 Å². The highest BCUT2D eigenvalue weighted by molar-refractivity contribution is 5.25. The van der Waals surface area contributed by atoms with E-state index in [4.69, 9.17) is 9.68 Å². The first kappa shape index (κ1) is 16.1. The van der Waals surface area contributed by atoms with Gasteiger partial charge in [0.2, 0.25) is 5.76 Å². The average molecular weight is 308 g/mol. The van der Waals surface area contributed by atoms with Crippen molar-refractivity contribution in [1.82, 2.24) is 5.32 Å². The van der Waals surface area contributed by atoms with E-state index in [0.29, 0.717) is 18.7 Å². The Kier molecular flexibility index (Phi) is 4.88. The van der Waals surface area contributed by atoms with E-state index in [9.17, 15) is 13.2 Å². The minimum absolute atomic E-state index is 0.0624. The van der Waals surface area contributed by atoms with Gasteiger partial charge in [0.15, 0.2) is 0 Å². The van der Waals surface area contributed by atoms with Crippen molar-refractivity contribution >= 4 is 0 Å². The molecule has 0 saturated heterocycles. The number of alkyl halides is 3. The van der Waals surface area contributed by atoms with E-state index < -0.39 is 11.7 Å². The van der Waals surface area contributed by atoms with E-state index in [0.717, 1.165) is 17.7 Å².